The Bertz CT molecular complexity index is 1010. The summed E-state index contributed by atoms with van der Waals surface area (Å²) in [6.45, 7) is 2.09. The van der Waals surface area contributed by atoms with Gasteiger partial charge in [0.2, 0.25) is 0 Å². The second kappa shape index (κ2) is 37.3. The summed E-state index contributed by atoms with van der Waals surface area (Å²) in [5, 5.41) is 19.1. The quantitative estimate of drug-likeness (QED) is 0.0242. The van der Waals surface area contributed by atoms with E-state index < -0.39 is 58.4 Å². The van der Waals surface area contributed by atoms with Gasteiger partial charge in [-0.1, -0.05) is 127 Å². The van der Waals surface area contributed by atoms with Gasteiger partial charge in [-0.2, -0.15) is 0 Å². The zero-order valence-electron chi connectivity index (χ0n) is 32.5. The second-order valence-electron chi connectivity index (χ2n) is 13.3. The van der Waals surface area contributed by atoms with Gasteiger partial charge in [0.15, 0.2) is 0 Å². The summed E-state index contributed by atoms with van der Waals surface area (Å²) in [6, 6.07) is 0. The van der Waals surface area contributed by atoms with E-state index in [0.29, 0.717) is 12.8 Å². The average Bonchev–Trinajstić information content (AvgIpc) is 3.13. The Morgan fingerprint density at radius 3 is 1.25 bits per heavy atom. The Morgan fingerprint density at radius 1 is 0.519 bits per heavy atom. The van der Waals surface area contributed by atoms with Gasteiger partial charge < -0.3 is 24.6 Å². The topological polar surface area (TPSA) is 149 Å². The SMILES string of the molecule is CCCC/C=C\C/C=C\CCCCCCCC(=O)OC(CO)COP(=O)(O)OCC(CO)OC(=O)CCCCCCC/C=C\C/C=C\CCCCC. The summed E-state index contributed by atoms with van der Waals surface area (Å²) >= 11 is 0. The lowest BCUT2D eigenvalue weighted by Crippen LogP contribution is -2.28. The molecule has 0 aliphatic carbocycles. The van der Waals surface area contributed by atoms with Gasteiger partial charge in [0.1, 0.15) is 12.2 Å². The first-order valence-corrected chi connectivity index (χ1v) is 21.6. The second-order valence-corrected chi connectivity index (χ2v) is 14.7. The van der Waals surface area contributed by atoms with Gasteiger partial charge in [0, 0.05) is 12.8 Å². The first-order chi connectivity index (χ1) is 25.3. The maximum atomic E-state index is 12.3. The third-order valence-corrected chi connectivity index (χ3v) is 9.21. The van der Waals surface area contributed by atoms with Crippen molar-refractivity contribution in [2.45, 2.75) is 174 Å². The molecule has 3 unspecified atom stereocenters. The van der Waals surface area contributed by atoms with Crippen molar-refractivity contribution in [3.63, 3.8) is 0 Å². The number of allylic oxidation sites excluding steroid dienone is 8. The normalized spacial score (nSPS) is 14.5. The number of unbranched alkanes of at least 4 members (excludes halogenated alkanes) is 15. The molecule has 52 heavy (non-hydrogen) atoms. The molecule has 302 valence electrons. The minimum absolute atomic E-state index is 0.173. The Morgan fingerprint density at radius 2 is 0.865 bits per heavy atom. The van der Waals surface area contributed by atoms with Gasteiger partial charge >= 0.3 is 19.8 Å². The molecule has 0 spiro atoms. The number of esters is 2. The molecule has 0 aromatic rings. The van der Waals surface area contributed by atoms with Crippen LogP contribution in [0.3, 0.4) is 0 Å². The van der Waals surface area contributed by atoms with Crippen molar-refractivity contribution in [3.8, 4) is 0 Å². The molecule has 0 aromatic heterocycles. The highest BCUT2D eigenvalue weighted by atomic mass is 31.2. The van der Waals surface area contributed by atoms with Crippen LogP contribution in [0.2, 0.25) is 0 Å². The van der Waals surface area contributed by atoms with E-state index in [2.05, 4.69) is 62.5 Å². The molecule has 0 saturated carbocycles. The van der Waals surface area contributed by atoms with Crippen LogP contribution in [-0.4, -0.2) is 65.7 Å². The number of phosphoric acid groups is 1. The highest BCUT2D eigenvalue weighted by Crippen LogP contribution is 2.43. The Kier molecular flexibility index (Phi) is 35.8. The van der Waals surface area contributed by atoms with Crippen LogP contribution in [0.1, 0.15) is 162 Å². The van der Waals surface area contributed by atoms with Crippen LogP contribution < -0.4 is 0 Å². The number of phosphoric ester groups is 1. The maximum Gasteiger partial charge on any atom is 0.472 e. The summed E-state index contributed by atoms with van der Waals surface area (Å²) < 4.78 is 32.5. The maximum absolute atomic E-state index is 12.3. The Hall–Kier alpha value is -2.07. The van der Waals surface area contributed by atoms with Gasteiger partial charge in [0.05, 0.1) is 26.4 Å². The van der Waals surface area contributed by atoms with E-state index in [1.54, 1.807) is 0 Å². The minimum Gasteiger partial charge on any atom is -0.457 e. The number of carbonyl (C=O) groups is 2. The zero-order chi connectivity index (χ0) is 38.4. The van der Waals surface area contributed by atoms with Gasteiger partial charge in [0.25, 0.3) is 0 Å². The average molecular weight is 757 g/mol. The zero-order valence-corrected chi connectivity index (χ0v) is 33.4. The highest BCUT2D eigenvalue weighted by Gasteiger charge is 2.27. The van der Waals surface area contributed by atoms with Crippen LogP contribution in [0.4, 0.5) is 0 Å². The molecule has 10 nitrogen and oxygen atoms in total. The monoisotopic (exact) mass is 756 g/mol. The van der Waals surface area contributed by atoms with Crippen molar-refractivity contribution in [3.05, 3.63) is 48.6 Å². The van der Waals surface area contributed by atoms with Crippen LogP contribution in [0.5, 0.6) is 0 Å². The standard InChI is InChI=1S/C41H73O10P/c1-3-5-7-9-11-13-15-17-19-21-23-25-27-29-31-33-41(45)51-39(35-43)37-49-52(46,47)48-36-38(34-42)50-40(44)32-30-28-26-24-22-20-18-16-14-12-10-8-6-4-2/h10-13,16-19,38-39,42-43H,3-9,14-15,20-37H2,1-2H3,(H,46,47)/b12-10-,13-11-,18-16-,19-17-. The lowest BCUT2D eigenvalue weighted by Gasteiger charge is -2.20. The molecule has 0 amide bonds. The fourth-order valence-corrected chi connectivity index (χ4v) is 5.88. The fraction of sp³-hybridized carbons (Fsp3) is 0.756. The highest BCUT2D eigenvalue weighted by molar-refractivity contribution is 7.47. The first-order valence-electron chi connectivity index (χ1n) is 20.1. The molecule has 0 aliphatic heterocycles. The van der Waals surface area contributed by atoms with Crippen molar-refractivity contribution < 1.29 is 47.8 Å². The molecule has 0 aliphatic rings. The molecule has 0 saturated heterocycles. The van der Waals surface area contributed by atoms with E-state index in [0.717, 1.165) is 89.9 Å². The van der Waals surface area contributed by atoms with E-state index in [1.807, 2.05) is 0 Å². The summed E-state index contributed by atoms with van der Waals surface area (Å²) in [5.74, 6) is -1.05. The molecule has 3 atom stereocenters. The van der Waals surface area contributed by atoms with Crippen molar-refractivity contribution in [1.29, 1.82) is 0 Å². The third-order valence-electron chi connectivity index (χ3n) is 8.26. The van der Waals surface area contributed by atoms with E-state index >= 15 is 0 Å². The number of aliphatic hydroxyl groups excluding tert-OH is 2. The smallest absolute Gasteiger partial charge is 0.457 e. The molecule has 0 radical (unpaired) electrons. The summed E-state index contributed by atoms with van der Waals surface area (Å²) in [5.41, 5.74) is 0. The van der Waals surface area contributed by atoms with E-state index in [9.17, 15) is 29.3 Å². The molecule has 0 rings (SSSR count). The summed E-state index contributed by atoms with van der Waals surface area (Å²) in [7, 11) is -4.64. The largest absolute Gasteiger partial charge is 0.472 e. The van der Waals surface area contributed by atoms with Gasteiger partial charge in [-0.15, -0.1) is 0 Å². The van der Waals surface area contributed by atoms with Crippen molar-refractivity contribution >= 4 is 19.8 Å². The van der Waals surface area contributed by atoms with Crippen LogP contribution in [0.25, 0.3) is 0 Å². The van der Waals surface area contributed by atoms with Gasteiger partial charge in [-0.3, -0.25) is 18.6 Å². The number of hydrogen-bond donors (Lipinski definition) is 3. The molecule has 0 heterocycles. The van der Waals surface area contributed by atoms with E-state index in [-0.39, 0.29) is 12.8 Å². The number of rotatable bonds is 37. The first kappa shape index (κ1) is 49.9. The van der Waals surface area contributed by atoms with Crippen LogP contribution in [-0.2, 0) is 32.7 Å². The molecular formula is C41H73O10P. The van der Waals surface area contributed by atoms with Crippen LogP contribution in [0, 0.1) is 0 Å². The van der Waals surface area contributed by atoms with Crippen LogP contribution >= 0.6 is 7.82 Å². The lowest BCUT2D eigenvalue weighted by atomic mass is 10.1. The Balaban J connectivity index is 4.01. The number of aliphatic hydroxyl groups is 2. The lowest BCUT2D eigenvalue weighted by molar-refractivity contribution is -0.153. The number of ether oxygens (including phenoxy) is 2. The van der Waals surface area contributed by atoms with Gasteiger partial charge in [-0.05, 0) is 70.6 Å². The number of hydrogen-bond acceptors (Lipinski definition) is 9. The molecule has 0 fully saturated rings. The van der Waals surface area contributed by atoms with E-state index in [4.69, 9.17) is 18.5 Å². The summed E-state index contributed by atoms with van der Waals surface area (Å²) in [4.78, 5) is 34.4. The third kappa shape index (κ3) is 35.0. The molecule has 11 heteroatoms. The van der Waals surface area contributed by atoms with Crippen molar-refractivity contribution in [1.82, 2.24) is 0 Å². The van der Waals surface area contributed by atoms with E-state index in [1.165, 1.54) is 32.1 Å². The van der Waals surface area contributed by atoms with Crippen molar-refractivity contribution in [2.24, 2.45) is 0 Å². The molecule has 3 N–H and O–H groups in total. The fourth-order valence-electron chi connectivity index (χ4n) is 5.10. The predicted octanol–water partition coefficient (Wildman–Crippen LogP) is 10.2. The number of carbonyl (C=O) groups excluding carboxylic acids is 2. The van der Waals surface area contributed by atoms with Crippen LogP contribution in [0.15, 0.2) is 48.6 Å². The van der Waals surface area contributed by atoms with Crippen molar-refractivity contribution in [2.75, 3.05) is 26.4 Å². The Labute approximate surface area is 315 Å². The minimum atomic E-state index is -4.64. The molecular weight excluding hydrogens is 683 g/mol. The predicted molar refractivity (Wildman–Crippen MR) is 210 cm³/mol. The molecule has 0 aromatic carbocycles. The molecule has 0 bridgehead atoms. The van der Waals surface area contributed by atoms with Gasteiger partial charge in [-0.25, -0.2) is 4.57 Å². The summed E-state index contributed by atoms with van der Waals surface area (Å²) in [6.07, 6.45) is 37.9.